The molecule has 1 aliphatic carbocycles. The van der Waals surface area contributed by atoms with Gasteiger partial charge in [0.1, 0.15) is 0 Å². The van der Waals surface area contributed by atoms with Crippen molar-refractivity contribution in [3.05, 3.63) is 26.9 Å². The van der Waals surface area contributed by atoms with Crippen molar-refractivity contribution in [2.75, 3.05) is 13.2 Å². The summed E-state index contributed by atoms with van der Waals surface area (Å²) in [6, 6.07) is -3.09. The monoisotopic (exact) mass is 416 g/mol. The van der Waals surface area contributed by atoms with Gasteiger partial charge in [-0.3, -0.25) is 13.9 Å². The van der Waals surface area contributed by atoms with Gasteiger partial charge in [0.15, 0.2) is 4.77 Å². The van der Waals surface area contributed by atoms with Gasteiger partial charge in [-0.05, 0) is 69.5 Å². The van der Waals surface area contributed by atoms with Crippen LogP contribution < -0.4 is 5.56 Å². The third-order valence-corrected chi connectivity index (χ3v) is 6.31. The molecule has 1 aliphatic rings. The van der Waals surface area contributed by atoms with Gasteiger partial charge in [0.2, 0.25) is 0 Å². The third kappa shape index (κ3) is 5.72. The minimum Gasteiger partial charge on any atom is -0.381 e. The van der Waals surface area contributed by atoms with Gasteiger partial charge in [-0.25, -0.2) is 0 Å². The number of hydrogen-bond acceptors (Lipinski definition) is 3. The van der Waals surface area contributed by atoms with Gasteiger partial charge < -0.3 is 4.74 Å². The summed E-state index contributed by atoms with van der Waals surface area (Å²) in [4.78, 5) is 12.0. The molecule has 28 heavy (non-hydrogen) atoms. The van der Waals surface area contributed by atoms with E-state index < -0.39 is 6.05 Å². The summed E-state index contributed by atoms with van der Waals surface area (Å²) < 4.78 is 37.0. The van der Waals surface area contributed by atoms with Crippen molar-refractivity contribution >= 4 is 12.2 Å². The maximum absolute atomic E-state index is 14.7. The highest BCUT2D eigenvalue weighted by Gasteiger charge is 2.32. The first-order valence-corrected chi connectivity index (χ1v) is 10.9. The second-order valence-electron chi connectivity index (χ2n) is 8.38. The second kappa shape index (κ2) is 10.1. The van der Waals surface area contributed by atoms with Crippen LogP contribution in [0.1, 0.15) is 64.9 Å². The molecule has 2 rings (SSSR count). The molecule has 4 nitrogen and oxygen atoms in total. The molecule has 160 valence electrons. The summed E-state index contributed by atoms with van der Waals surface area (Å²) in [5.41, 5.74) is -0.0262. The van der Waals surface area contributed by atoms with Crippen LogP contribution in [0.25, 0.3) is 0 Å². The molecule has 1 fully saturated rings. The quantitative estimate of drug-likeness (QED) is 0.372. The highest BCUT2D eigenvalue weighted by atomic mass is 32.1. The molecule has 1 aromatic heterocycles. The number of ether oxygens (including phenoxy) is 1. The minimum atomic E-state index is -3.09. The molecule has 0 aromatic carbocycles. The van der Waals surface area contributed by atoms with Crippen molar-refractivity contribution in [1.82, 2.24) is 9.13 Å². The number of nitrogens with zero attached hydrogens (tertiary/aromatic N) is 2. The Labute approximate surface area is 171 Å². The van der Waals surface area contributed by atoms with E-state index in [0.717, 1.165) is 23.5 Å². The van der Waals surface area contributed by atoms with Crippen LogP contribution in [0.2, 0.25) is 0 Å². The highest BCUT2D eigenvalue weighted by molar-refractivity contribution is 7.71. The van der Waals surface area contributed by atoms with E-state index in [-0.39, 0.29) is 28.9 Å². The Morgan fingerprint density at radius 3 is 2.57 bits per heavy atom. The molecular formula is C21H34F2N2O2S. The van der Waals surface area contributed by atoms with E-state index in [1.54, 1.807) is 13.8 Å². The van der Waals surface area contributed by atoms with E-state index in [1.165, 1.54) is 23.6 Å². The first-order valence-electron chi connectivity index (χ1n) is 10.5. The van der Waals surface area contributed by atoms with Crippen LogP contribution in [0.4, 0.5) is 8.78 Å². The number of aromatic nitrogens is 2. The van der Waals surface area contributed by atoms with Gasteiger partial charge in [-0.2, -0.15) is 8.78 Å². The Balaban J connectivity index is 1.77. The molecule has 3 atom stereocenters. The van der Waals surface area contributed by atoms with Crippen LogP contribution in [-0.4, -0.2) is 22.3 Å². The first kappa shape index (κ1) is 23.2. The van der Waals surface area contributed by atoms with E-state index in [9.17, 15) is 13.6 Å². The lowest BCUT2D eigenvalue weighted by Crippen LogP contribution is -2.32. The molecule has 0 saturated heterocycles. The molecule has 0 bridgehead atoms. The van der Waals surface area contributed by atoms with Crippen LogP contribution in [0.5, 0.6) is 0 Å². The molecule has 1 heterocycles. The molecule has 0 aliphatic heterocycles. The van der Waals surface area contributed by atoms with E-state index >= 15 is 0 Å². The number of hydrogen-bond donors (Lipinski definition) is 0. The zero-order chi connectivity index (χ0) is 20.9. The van der Waals surface area contributed by atoms with E-state index in [4.69, 9.17) is 17.0 Å². The second-order valence-corrected chi connectivity index (χ2v) is 8.74. The third-order valence-electron chi connectivity index (χ3n) is 5.89. The molecule has 0 N–H and O–H groups in total. The van der Waals surface area contributed by atoms with Gasteiger partial charge in [0, 0.05) is 37.9 Å². The van der Waals surface area contributed by atoms with Crippen LogP contribution in [0, 0.1) is 29.4 Å². The molecule has 1 saturated carbocycles. The fourth-order valence-corrected chi connectivity index (χ4v) is 4.62. The lowest BCUT2D eigenvalue weighted by Gasteiger charge is -2.22. The van der Waals surface area contributed by atoms with Crippen molar-refractivity contribution in [2.45, 2.75) is 78.8 Å². The lowest BCUT2D eigenvalue weighted by molar-refractivity contribution is -0.0941. The summed E-state index contributed by atoms with van der Waals surface area (Å²) in [7, 11) is 0. The molecular weight excluding hydrogens is 382 g/mol. The fraction of sp³-hybridized carbons (Fsp3) is 0.810. The zero-order valence-corrected chi connectivity index (χ0v) is 18.4. The number of unbranched alkanes of at least 4 members (excludes halogenated alkanes) is 2. The SMILES string of the molecule is CCn1c(=O)c(C)cn(C(F)(F)CCCCCOCC2CC(C)CC2C)c1=S. The molecule has 7 heteroatoms. The maximum atomic E-state index is 14.7. The number of alkyl halides is 2. The van der Waals surface area contributed by atoms with Crippen LogP contribution in [0.3, 0.4) is 0 Å². The molecule has 3 unspecified atom stereocenters. The smallest absolute Gasteiger partial charge is 0.331 e. The maximum Gasteiger partial charge on any atom is 0.331 e. The molecule has 0 radical (unpaired) electrons. The van der Waals surface area contributed by atoms with Gasteiger partial charge in [0.25, 0.3) is 5.56 Å². The van der Waals surface area contributed by atoms with Gasteiger partial charge in [0.05, 0.1) is 0 Å². The van der Waals surface area contributed by atoms with E-state index in [0.29, 0.717) is 31.3 Å². The Morgan fingerprint density at radius 2 is 1.96 bits per heavy atom. The Morgan fingerprint density at radius 1 is 1.25 bits per heavy atom. The average Bonchev–Trinajstić information content (AvgIpc) is 2.95. The Hall–Kier alpha value is -1.08. The lowest BCUT2D eigenvalue weighted by atomic mass is 9.99. The number of aryl methyl sites for hydroxylation is 1. The molecule has 0 amide bonds. The summed E-state index contributed by atoms with van der Waals surface area (Å²) in [5, 5.41) is 0. The summed E-state index contributed by atoms with van der Waals surface area (Å²) in [6.07, 6.45) is 5.25. The summed E-state index contributed by atoms with van der Waals surface area (Å²) >= 11 is 5.12. The minimum absolute atomic E-state index is 0.119. The van der Waals surface area contributed by atoms with E-state index in [1.807, 2.05) is 0 Å². The van der Waals surface area contributed by atoms with Gasteiger partial charge in [-0.1, -0.05) is 20.3 Å². The van der Waals surface area contributed by atoms with Crippen LogP contribution >= 0.6 is 12.2 Å². The molecule has 0 spiro atoms. The predicted octanol–water partition coefficient (Wildman–Crippen LogP) is 5.52. The van der Waals surface area contributed by atoms with Crippen molar-refractivity contribution in [1.29, 1.82) is 0 Å². The first-order chi connectivity index (χ1) is 13.2. The van der Waals surface area contributed by atoms with Crippen LogP contribution in [0.15, 0.2) is 11.0 Å². The van der Waals surface area contributed by atoms with Crippen molar-refractivity contribution in [2.24, 2.45) is 17.8 Å². The highest BCUT2D eigenvalue weighted by Crippen LogP contribution is 2.35. The topological polar surface area (TPSA) is 36.2 Å². The van der Waals surface area contributed by atoms with Crippen molar-refractivity contribution in [3.8, 4) is 0 Å². The number of rotatable bonds is 10. The standard InChI is InChI=1S/C21H34F2N2O2S/c1-5-24-19(26)17(4)13-25(20(24)28)21(22,23)9-7-6-8-10-27-14-18-12-15(2)11-16(18)3/h13,15-16,18H,5-12,14H2,1-4H3. The normalized spacial score (nSPS) is 22.7. The van der Waals surface area contributed by atoms with Crippen LogP contribution in [-0.2, 0) is 17.3 Å². The van der Waals surface area contributed by atoms with Crippen molar-refractivity contribution < 1.29 is 13.5 Å². The summed E-state index contributed by atoms with van der Waals surface area (Å²) in [6.45, 7) is 9.54. The van der Waals surface area contributed by atoms with Gasteiger partial charge >= 0.3 is 6.05 Å². The number of halogens is 2. The predicted molar refractivity (Wildman–Crippen MR) is 110 cm³/mol. The summed E-state index contributed by atoms with van der Waals surface area (Å²) in [5.74, 6) is 2.13. The largest absolute Gasteiger partial charge is 0.381 e. The molecule has 1 aromatic rings. The van der Waals surface area contributed by atoms with E-state index in [2.05, 4.69) is 13.8 Å². The van der Waals surface area contributed by atoms with Gasteiger partial charge in [-0.15, -0.1) is 0 Å². The Bertz CT molecular complexity index is 760. The Kier molecular flexibility index (Phi) is 8.37. The fourth-order valence-electron chi connectivity index (χ4n) is 4.23. The zero-order valence-electron chi connectivity index (χ0n) is 17.5. The average molecular weight is 417 g/mol. The van der Waals surface area contributed by atoms with Crippen molar-refractivity contribution in [3.63, 3.8) is 0 Å².